The van der Waals surface area contributed by atoms with E-state index >= 15 is 0 Å². The van der Waals surface area contributed by atoms with Crippen molar-refractivity contribution in [1.29, 1.82) is 0 Å². The molecule has 0 aromatic heterocycles. The van der Waals surface area contributed by atoms with Crippen LogP contribution in [0.3, 0.4) is 0 Å². The molecule has 0 atom stereocenters. The first-order chi connectivity index (χ1) is 6.10. The van der Waals surface area contributed by atoms with Crippen molar-refractivity contribution in [1.82, 2.24) is 5.32 Å². The van der Waals surface area contributed by atoms with Gasteiger partial charge in [0.15, 0.2) is 0 Å². The summed E-state index contributed by atoms with van der Waals surface area (Å²) in [5.74, 6) is -1.35. The number of hydrogen-bond acceptors (Lipinski definition) is 3. The number of amides is 1. The third-order valence-corrected chi connectivity index (χ3v) is 2.43. The zero-order valence-electron chi connectivity index (χ0n) is 7.75. The molecule has 0 saturated heterocycles. The van der Waals surface area contributed by atoms with E-state index in [4.69, 9.17) is 10.8 Å². The molecule has 0 aliphatic heterocycles. The van der Waals surface area contributed by atoms with E-state index in [1.807, 2.05) is 0 Å². The Morgan fingerprint density at radius 3 is 2.21 bits per heavy atom. The Kier molecular flexibility index (Phi) is 4.87. The van der Waals surface area contributed by atoms with Gasteiger partial charge in [0.05, 0.1) is 6.54 Å². The third kappa shape index (κ3) is 2.59. The van der Waals surface area contributed by atoms with Crippen LogP contribution in [0.15, 0.2) is 0 Å². The second kappa shape index (κ2) is 5.17. The molecule has 0 aromatic rings. The molecule has 0 bridgehead atoms. The predicted octanol–water partition coefficient (Wildman–Crippen LogP) is -3.54. The van der Waals surface area contributed by atoms with Gasteiger partial charge >= 0.3 is 5.97 Å². The largest absolute Gasteiger partial charge is 1.00 e. The Morgan fingerprint density at radius 2 is 1.86 bits per heavy atom. The number of carboxylic acids is 1. The second-order valence-electron chi connectivity index (χ2n) is 3.35. The molecule has 1 amide bonds. The Labute approximate surface area is 88.4 Å². The van der Waals surface area contributed by atoms with Crippen LogP contribution in [0, 0.1) is 0 Å². The van der Waals surface area contributed by atoms with Gasteiger partial charge in [-0.05, 0) is 12.8 Å². The number of halogens is 1. The molecule has 0 aromatic carbocycles. The van der Waals surface area contributed by atoms with Gasteiger partial charge in [0, 0.05) is 0 Å². The zero-order chi connectivity index (χ0) is 9.90. The van der Waals surface area contributed by atoms with E-state index in [1.165, 1.54) is 0 Å². The number of carbonyl (C=O) groups is 2. The summed E-state index contributed by atoms with van der Waals surface area (Å²) in [4.78, 5) is 21.9. The Bertz CT molecular complexity index is 227. The van der Waals surface area contributed by atoms with E-state index < -0.39 is 17.4 Å². The summed E-state index contributed by atoms with van der Waals surface area (Å²) in [5.41, 5.74) is 4.06. The van der Waals surface area contributed by atoms with Crippen molar-refractivity contribution in [3.63, 3.8) is 0 Å². The molecule has 82 valence electrons. The van der Waals surface area contributed by atoms with Crippen molar-refractivity contribution in [2.24, 2.45) is 5.73 Å². The van der Waals surface area contributed by atoms with Crippen molar-refractivity contribution < 1.29 is 27.1 Å². The smallest absolute Gasteiger partial charge is 0.329 e. The van der Waals surface area contributed by atoms with Crippen LogP contribution in [0.2, 0.25) is 0 Å². The monoisotopic (exact) mass is 221 g/mol. The maximum Gasteiger partial charge on any atom is 0.329 e. The van der Waals surface area contributed by atoms with Crippen LogP contribution in [0.25, 0.3) is 0 Å². The minimum Gasteiger partial charge on any atom is -1.00 e. The van der Waals surface area contributed by atoms with Gasteiger partial charge < -0.3 is 28.6 Å². The lowest BCUT2D eigenvalue weighted by atomic mass is 9.98. The van der Waals surface area contributed by atoms with Crippen molar-refractivity contribution in [2.45, 2.75) is 31.2 Å². The number of rotatable bonds is 3. The summed E-state index contributed by atoms with van der Waals surface area (Å²) >= 11 is 0. The fraction of sp³-hybridized carbons (Fsp3) is 0.750. The van der Waals surface area contributed by atoms with Crippen molar-refractivity contribution in [3.8, 4) is 0 Å². The van der Waals surface area contributed by atoms with E-state index in [1.54, 1.807) is 0 Å². The Morgan fingerprint density at radius 1 is 1.36 bits per heavy atom. The van der Waals surface area contributed by atoms with Crippen LogP contribution < -0.4 is 23.5 Å². The van der Waals surface area contributed by atoms with E-state index in [-0.39, 0.29) is 19.0 Å². The summed E-state index contributed by atoms with van der Waals surface area (Å²) < 4.78 is 0. The van der Waals surface area contributed by atoms with Gasteiger partial charge in [-0.3, -0.25) is 4.79 Å². The first-order valence-electron chi connectivity index (χ1n) is 4.35. The molecule has 1 saturated carbocycles. The Balaban J connectivity index is 0.00000169. The van der Waals surface area contributed by atoms with Gasteiger partial charge in [0.25, 0.3) is 0 Å². The van der Waals surface area contributed by atoms with E-state index in [9.17, 15) is 9.59 Å². The maximum atomic E-state index is 11.0. The standard InChI is InChI=1S/C8H14N2O3.ClH/c9-5-6(11)10-8(7(12)13)3-1-2-4-8;/h1-5,9H2,(H,10,11)(H,12,13);1H/p-1. The number of hydrogen-bond donors (Lipinski definition) is 3. The van der Waals surface area contributed by atoms with Gasteiger partial charge in [0.1, 0.15) is 5.54 Å². The highest BCUT2D eigenvalue weighted by Gasteiger charge is 2.42. The van der Waals surface area contributed by atoms with E-state index in [0.29, 0.717) is 12.8 Å². The fourth-order valence-corrected chi connectivity index (χ4v) is 1.69. The molecule has 0 unspecified atom stereocenters. The minimum absolute atomic E-state index is 0. The quantitative estimate of drug-likeness (QED) is 0.461. The number of nitrogens with one attached hydrogen (secondary N) is 1. The van der Waals surface area contributed by atoms with Crippen LogP contribution in [-0.4, -0.2) is 29.1 Å². The van der Waals surface area contributed by atoms with Gasteiger partial charge in [-0.25, -0.2) is 4.79 Å². The highest BCUT2D eigenvalue weighted by atomic mass is 35.5. The van der Waals surface area contributed by atoms with Crippen LogP contribution in [0.4, 0.5) is 0 Å². The number of nitrogens with two attached hydrogens (primary N) is 1. The van der Waals surface area contributed by atoms with Crippen molar-refractivity contribution in [2.75, 3.05) is 6.54 Å². The third-order valence-electron chi connectivity index (χ3n) is 2.43. The van der Waals surface area contributed by atoms with E-state index in [0.717, 1.165) is 12.8 Å². The molecular weight excluding hydrogens is 208 g/mol. The summed E-state index contributed by atoms with van der Waals surface area (Å²) in [5, 5.41) is 11.4. The summed E-state index contributed by atoms with van der Waals surface area (Å²) in [7, 11) is 0. The average Bonchev–Trinajstić information content (AvgIpc) is 2.54. The van der Waals surface area contributed by atoms with Gasteiger partial charge in [-0.1, -0.05) is 12.8 Å². The maximum absolute atomic E-state index is 11.0. The first-order valence-corrected chi connectivity index (χ1v) is 4.35. The van der Waals surface area contributed by atoms with Crippen molar-refractivity contribution >= 4 is 11.9 Å². The normalized spacial score (nSPS) is 18.4. The highest BCUT2D eigenvalue weighted by molar-refractivity contribution is 5.88. The Hall–Kier alpha value is -0.810. The molecule has 0 radical (unpaired) electrons. The number of aliphatic carboxylic acids is 1. The topological polar surface area (TPSA) is 92.4 Å². The van der Waals surface area contributed by atoms with Gasteiger partial charge in [-0.15, -0.1) is 0 Å². The van der Waals surface area contributed by atoms with Crippen LogP contribution >= 0.6 is 0 Å². The zero-order valence-corrected chi connectivity index (χ0v) is 8.51. The van der Waals surface area contributed by atoms with Crippen LogP contribution in [0.1, 0.15) is 25.7 Å². The second-order valence-corrected chi connectivity index (χ2v) is 3.35. The molecule has 1 rings (SSSR count). The summed E-state index contributed by atoms with van der Waals surface area (Å²) in [6.07, 6.45) is 2.70. The lowest BCUT2D eigenvalue weighted by Crippen LogP contribution is -3.00. The molecule has 4 N–H and O–H groups in total. The number of carboxylic acid groups (broad SMARTS) is 1. The predicted molar refractivity (Wildman–Crippen MR) is 46.0 cm³/mol. The highest BCUT2D eigenvalue weighted by Crippen LogP contribution is 2.29. The SMILES string of the molecule is NCC(=O)NC1(C(=O)O)CCCC1.[Cl-]. The van der Waals surface area contributed by atoms with Crippen molar-refractivity contribution in [3.05, 3.63) is 0 Å². The molecule has 0 heterocycles. The molecule has 1 aliphatic rings. The molecule has 5 nitrogen and oxygen atoms in total. The average molecular weight is 222 g/mol. The molecule has 0 spiro atoms. The summed E-state index contributed by atoms with van der Waals surface area (Å²) in [6, 6.07) is 0. The lowest BCUT2D eigenvalue weighted by molar-refractivity contribution is -0.147. The molecule has 6 heteroatoms. The molecular formula is C8H14ClN2O3-. The lowest BCUT2D eigenvalue weighted by Gasteiger charge is -2.24. The van der Waals surface area contributed by atoms with Gasteiger partial charge in [-0.2, -0.15) is 0 Å². The molecule has 14 heavy (non-hydrogen) atoms. The van der Waals surface area contributed by atoms with Crippen LogP contribution in [0.5, 0.6) is 0 Å². The van der Waals surface area contributed by atoms with Gasteiger partial charge in [0.2, 0.25) is 5.91 Å². The number of carbonyl (C=O) groups excluding carboxylic acids is 1. The summed E-state index contributed by atoms with van der Waals surface area (Å²) in [6.45, 7) is -0.158. The minimum atomic E-state index is -1.05. The first kappa shape index (κ1) is 13.2. The molecule has 1 aliphatic carbocycles. The molecule has 1 fully saturated rings. The van der Waals surface area contributed by atoms with Crippen LogP contribution in [-0.2, 0) is 9.59 Å². The van der Waals surface area contributed by atoms with E-state index in [2.05, 4.69) is 5.32 Å². The fourth-order valence-electron chi connectivity index (χ4n) is 1.69.